The fourth-order valence-corrected chi connectivity index (χ4v) is 2.26. The Bertz CT molecular complexity index is 767. The van der Waals surface area contributed by atoms with Crippen LogP contribution >= 0.6 is 0 Å². The van der Waals surface area contributed by atoms with Crippen LogP contribution in [0, 0.1) is 0 Å². The number of nitrogens with one attached hydrogen (secondary N) is 3. The number of aromatic nitrogens is 4. The number of fused-ring (bicyclic) bond motifs is 1. The molecule has 3 rings (SSSR count). The summed E-state index contributed by atoms with van der Waals surface area (Å²) in [6.45, 7) is 3.77. The second-order valence-electron chi connectivity index (χ2n) is 4.74. The van der Waals surface area contributed by atoms with Gasteiger partial charge in [-0.15, -0.1) is 0 Å². The van der Waals surface area contributed by atoms with Gasteiger partial charge in [0, 0.05) is 18.4 Å². The van der Waals surface area contributed by atoms with Crippen molar-refractivity contribution in [2.24, 2.45) is 0 Å². The molecule has 0 unspecified atom stereocenters. The summed E-state index contributed by atoms with van der Waals surface area (Å²) in [6, 6.07) is 7.78. The lowest BCUT2D eigenvalue weighted by molar-refractivity contribution is 0.578. The normalized spacial score (nSPS) is 11.1. The second kappa shape index (κ2) is 5.24. The summed E-state index contributed by atoms with van der Waals surface area (Å²) in [6.07, 6.45) is 2.88. The van der Waals surface area contributed by atoms with Crippen LogP contribution in [-0.4, -0.2) is 19.7 Å². The van der Waals surface area contributed by atoms with Crippen LogP contribution in [0.25, 0.3) is 11.0 Å². The first-order chi connectivity index (χ1) is 9.76. The van der Waals surface area contributed by atoms with Gasteiger partial charge >= 0.3 is 5.69 Å². The van der Waals surface area contributed by atoms with Crippen LogP contribution < -0.4 is 11.0 Å². The molecule has 0 spiro atoms. The van der Waals surface area contributed by atoms with E-state index in [4.69, 9.17) is 0 Å². The van der Waals surface area contributed by atoms with Crippen molar-refractivity contribution in [1.82, 2.24) is 19.7 Å². The molecule has 0 aliphatic heterocycles. The van der Waals surface area contributed by atoms with Crippen LogP contribution in [0.3, 0.4) is 0 Å². The molecular formula is C14H17N5O. The van der Waals surface area contributed by atoms with Gasteiger partial charge in [0.05, 0.1) is 23.3 Å². The number of imidazole rings is 1. The van der Waals surface area contributed by atoms with Crippen LogP contribution in [0.4, 0.5) is 5.69 Å². The van der Waals surface area contributed by atoms with Crippen molar-refractivity contribution >= 4 is 16.7 Å². The van der Waals surface area contributed by atoms with Crippen molar-refractivity contribution in [3.8, 4) is 0 Å². The van der Waals surface area contributed by atoms with E-state index in [2.05, 4.69) is 27.3 Å². The molecule has 2 aromatic heterocycles. The van der Waals surface area contributed by atoms with Crippen LogP contribution in [-0.2, 0) is 13.1 Å². The highest BCUT2D eigenvalue weighted by molar-refractivity contribution is 5.78. The zero-order valence-electron chi connectivity index (χ0n) is 11.3. The molecule has 20 heavy (non-hydrogen) atoms. The first-order valence-electron chi connectivity index (χ1n) is 6.73. The van der Waals surface area contributed by atoms with E-state index in [9.17, 15) is 4.79 Å². The fourth-order valence-electron chi connectivity index (χ4n) is 2.26. The van der Waals surface area contributed by atoms with Crippen molar-refractivity contribution in [1.29, 1.82) is 0 Å². The molecule has 0 saturated heterocycles. The van der Waals surface area contributed by atoms with Gasteiger partial charge < -0.3 is 15.3 Å². The topological polar surface area (TPSA) is 78.5 Å². The van der Waals surface area contributed by atoms with E-state index in [1.54, 1.807) is 0 Å². The summed E-state index contributed by atoms with van der Waals surface area (Å²) >= 11 is 0. The Morgan fingerprint density at radius 1 is 1.25 bits per heavy atom. The first kappa shape index (κ1) is 12.5. The lowest BCUT2D eigenvalue weighted by Gasteiger charge is -2.08. The predicted octanol–water partition coefficient (Wildman–Crippen LogP) is 2.07. The molecule has 0 saturated carbocycles. The average Bonchev–Trinajstić information content (AvgIpc) is 3.01. The molecule has 0 radical (unpaired) electrons. The zero-order valence-corrected chi connectivity index (χ0v) is 11.3. The number of rotatable bonds is 5. The Balaban J connectivity index is 1.75. The molecule has 1 aromatic carbocycles. The maximum atomic E-state index is 11.2. The van der Waals surface area contributed by atoms with Crippen LogP contribution in [0.15, 0.2) is 35.3 Å². The quantitative estimate of drug-likeness (QED) is 0.664. The van der Waals surface area contributed by atoms with Gasteiger partial charge in [0.1, 0.15) is 0 Å². The fraction of sp³-hybridized carbons (Fsp3) is 0.286. The molecule has 3 aromatic rings. The van der Waals surface area contributed by atoms with Crippen molar-refractivity contribution in [2.75, 3.05) is 5.32 Å². The highest BCUT2D eigenvalue weighted by atomic mass is 16.1. The SMILES string of the molecule is CCCn1nccc1CNc1ccc2[nH]c(=O)[nH]c2c1. The molecule has 0 atom stereocenters. The van der Waals surface area contributed by atoms with Gasteiger partial charge in [0.2, 0.25) is 0 Å². The van der Waals surface area contributed by atoms with Crippen molar-refractivity contribution in [3.05, 3.63) is 46.6 Å². The highest BCUT2D eigenvalue weighted by Crippen LogP contribution is 2.15. The first-order valence-corrected chi connectivity index (χ1v) is 6.73. The Hall–Kier alpha value is -2.50. The summed E-state index contributed by atoms with van der Waals surface area (Å²) in [5, 5.41) is 7.65. The number of aromatic amines is 2. The molecule has 2 heterocycles. The number of hydrogen-bond acceptors (Lipinski definition) is 3. The summed E-state index contributed by atoms with van der Waals surface area (Å²) in [7, 11) is 0. The lowest BCUT2D eigenvalue weighted by atomic mass is 10.2. The Morgan fingerprint density at radius 3 is 2.95 bits per heavy atom. The van der Waals surface area contributed by atoms with Gasteiger partial charge in [0.25, 0.3) is 0 Å². The minimum absolute atomic E-state index is 0.182. The Kier molecular flexibility index (Phi) is 3.28. The van der Waals surface area contributed by atoms with E-state index in [1.165, 1.54) is 0 Å². The third kappa shape index (κ3) is 2.45. The maximum Gasteiger partial charge on any atom is 0.323 e. The number of H-pyrrole nitrogens is 2. The summed E-state index contributed by atoms with van der Waals surface area (Å²) < 4.78 is 2.00. The molecule has 6 heteroatoms. The third-order valence-electron chi connectivity index (χ3n) is 3.23. The van der Waals surface area contributed by atoms with Gasteiger partial charge in [-0.05, 0) is 30.7 Å². The van der Waals surface area contributed by atoms with Crippen LogP contribution in [0.2, 0.25) is 0 Å². The van der Waals surface area contributed by atoms with Gasteiger partial charge in [-0.1, -0.05) is 6.92 Å². The third-order valence-corrected chi connectivity index (χ3v) is 3.23. The van der Waals surface area contributed by atoms with E-state index in [-0.39, 0.29) is 5.69 Å². The summed E-state index contributed by atoms with van der Waals surface area (Å²) in [4.78, 5) is 16.7. The van der Waals surface area contributed by atoms with Crippen LogP contribution in [0.5, 0.6) is 0 Å². The van der Waals surface area contributed by atoms with E-state index < -0.39 is 0 Å². The molecule has 6 nitrogen and oxygen atoms in total. The number of benzene rings is 1. The van der Waals surface area contributed by atoms with Crippen LogP contribution in [0.1, 0.15) is 19.0 Å². The summed E-state index contributed by atoms with van der Waals surface area (Å²) in [5.41, 5.74) is 3.56. The molecule has 0 aliphatic carbocycles. The van der Waals surface area contributed by atoms with Gasteiger partial charge in [-0.3, -0.25) is 4.68 Å². The molecule has 104 valence electrons. The predicted molar refractivity (Wildman–Crippen MR) is 78.8 cm³/mol. The Labute approximate surface area is 115 Å². The Morgan fingerprint density at radius 2 is 2.10 bits per heavy atom. The van der Waals surface area contributed by atoms with Crippen molar-refractivity contribution in [2.45, 2.75) is 26.4 Å². The van der Waals surface area contributed by atoms with Gasteiger partial charge in [-0.25, -0.2) is 4.79 Å². The molecule has 0 amide bonds. The van der Waals surface area contributed by atoms with Crippen molar-refractivity contribution < 1.29 is 0 Å². The van der Waals surface area contributed by atoms with E-state index >= 15 is 0 Å². The highest BCUT2D eigenvalue weighted by Gasteiger charge is 2.03. The smallest absolute Gasteiger partial charge is 0.323 e. The largest absolute Gasteiger partial charge is 0.379 e. The maximum absolute atomic E-state index is 11.2. The monoisotopic (exact) mass is 271 g/mol. The zero-order chi connectivity index (χ0) is 13.9. The van der Waals surface area contributed by atoms with Gasteiger partial charge in [-0.2, -0.15) is 5.10 Å². The summed E-state index contributed by atoms with van der Waals surface area (Å²) in [5.74, 6) is 0. The molecule has 3 N–H and O–H groups in total. The molecule has 0 aliphatic rings. The van der Waals surface area contributed by atoms with Crippen molar-refractivity contribution in [3.63, 3.8) is 0 Å². The lowest BCUT2D eigenvalue weighted by Crippen LogP contribution is -2.08. The number of hydrogen-bond donors (Lipinski definition) is 3. The average molecular weight is 271 g/mol. The number of anilines is 1. The molecule has 0 bridgehead atoms. The number of aryl methyl sites for hydroxylation is 1. The minimum Gasteiger partial charge on any atom is -0.379 e. The number of nitrogens with zero attached hydrogens (tertiary/aromatic N) is 2. The van der Waals surface area contributed by atoms with E-state index in [0.29, 0.717) is 6.54 Å². The van der Waals surface area contributed by atoms with E-state index in [1.807, 2.05) is 35.1 Å². The van der Waals surface area contributed by atoms with E-state index in [0.717, 1.165) is 35.4 Å². The second-order valence-corrected chi connectivity index (χ2v) is 4.74. The minimum atomic E-state index is -0.182. The standard InChI is InChI=1S/C14H17N5O/c1-2-7-19-11(5-6-16-19)9-15-10-3-4-12-13(8-10)18-14(20)17-12/h3-6,8,15H,2,7,9H2,1H3,(H2,17,18,20). The molecule has 0 fully saturated rings. The van der Waals surface area contributed by atoms with Gasteiger partial charge in [0.15, 0.2) is 0 Å². The molecular weight excluding hydrogens is 254 g/mol.